The first-order valence-electron chi connectivity index (χ1n) is 12.0. The normalized spacial score (nSPS) is 19.7. The average molecular weight is 544 g/mol. The van der Waals surface area contributed by atoms with E-state index in [-0.39, 0.29) is 11.8 Å². The molecule has 1 saturated heterocycles. The number of nitrogens with zero attached hydrogens (tertiary/aromatic N) is 5. The molecule has 1 fully saturated rings. The molecule has 1 atom stereocenters. The quantitative estimate of drug-likeness (QED) is 0.286. The zero-order chi connectivity index (χ0) is 26.0. The van der Waals surface area contributed by atoms with Gasteiger partial charge in [-0.25, -0.2) is 0 Å². The highest BCUT2D eigenvalue weighted by Crippen LogP contribution is 2.32. The Labute approximate surface area is 225 Å². The Morgan fingerprint density at radius 1 is 1.14 bits per heavy atom. The van der Waals surface area contributed by atoms with Gasteiger partial charge < -0.3 is 24.5 Å². The molecule has 11 heteroatoms. The van der Waals surface area contributed by atoms with Crippen LogP contribution in [0.4, 0.5) is 11.5 Å². The Bertz CT molecular complexity index is 1280. The number of benzene rings is 2. The molecule has 0 saturated carbocycles. The monoisotopic (exact) mass is 543 g/mol. The van der Waals surface area contributed by atoms with Crippen LogP contribution >= 0.6 is 23.2 Å². The molecule has 1 aromatic heterocycles. The van der Waals surface area contributed by atoms with Crippen molar-refractivity contribution in [3.63, 3.8) is 0 Å². The second kappa shape index (κ2) is 10.6. The van der Waals surface area contributed by atoms with Crippen LogP contribution in [0, 0.1) is 10.1 Å². The second-order valence-corrected chi connectivity index (χ2v) is 10.3. The third kappa shape index (κ3) is 6.01. The van der Waals surface area contributed by atoms with Crippen LogP contribution < -0.4 is 14.4 Å². The fourth-order valence-corrected chi connectivity index (χ4v) is 4.79. The minimum atomic E-state index is -0.638. The van der Waals surface area contributed by atoms with Crippen molar-refractivity contribution in [3.8, 4) is 11.8 Å². The van der Waals surface area contributed by atoms with Gasteiger partial charge in [-0.2, -0.15) is 0 Å². The van der Waals surface area contributed by atoms with Gasteiger partial charge in [0.25, 0.3) is 0 Å². The van der Waals surface area contributed by atoms with Crippen molar-refractivity contribution >= 4 is 40.8 Å². The van der Waals surface area contributed by atoms with Gasteiger partial charge in [-0.3, -0.25) is 9.47 Å². The summed E-state index contributed by atoms with van der Waals surface area (Å²) in [5.41, 5.74) is 1.56. The number of hydrogen-bond acceptors (Lipinski definition) is 7. The second-order valence-electron chi connectivity index (χ2n) is 9.46. The van der Waals surface area contributed by atoms with Gasteiger partial charge in [0, 0.05) is 43.4 Å². The first-order valence-corrected chi connectivity index (χ1v) is 12.8. The Morgan fingerprint density at radius 3 is 2.57 bits per heavy atom. The smallest absolute Gasteiger partial charge is 0.415 e. The number of rotatable bonds is 8. The molecule has 0 amide bonds. The topological polar surface area (TPSA) is 85.9 Å². The highest BCUT2D eigenvalue weighted by atomic mass is 35.5. The molecule has 0 spiro atoms. The molecule has 5 rings (SSSR count). The summed E-state index contributed by atoms with van der Waals surface area (Å²) in [6.07, 6.45) is 5.62. The summed E-state index contributed by atoms with van der Waals surface area (Å²) >= 11 is 12.1. The Hall–Kier alpha value is -3.27. The molecule has 37 heavy (non-hydrogen) atoms. The molecule has 2 aliphatic heterocycles. The van der Waals surface area contributed by atoms with E-state index in [1.165, 1.54) is 6.20 Å². The van der Waals surface area contributed by atoms with E-state index in [4.69, 9.17) is 32.7 Å². The highest BCUT2D eigenvalue weighted by molar-refractivity contribution is 6.42. The number of aromatic nitrogens is 2. The first kappa shape index (κ1) is 25.4. The standard InChI is InChI=1S/C26H27Cl2N5O4/c1-26(17-32-16-24(33(34)35)29-25(32)37-26)18-36-21-7-5-20(6-8-21)31-13-11-30(12-14-31)10-2-3-19-4-9-22(27)23(28)15-19/h2-9,15-16H,10-14,17-18H2,1H3/b3-2+/t26-/m1/s1. The number of anilines is 1. The number of ether oxygens (including phenoxy) is 2. The van der Waals surface area contributed by atoms with Gasteiger partial charge in [-0.05, 0) is 53.8 Å². The lowest BCUT2D eigenvalue weighted by Gasteiger charge is -2.35. The van der Waals surface area contributed by atoms with E-state index in [2.05, 4.69) is 39.1 Å². The van der Waals surface area contributed by atoms with Gasteiger partial charge in [-0.1, -0.05) is 41.4 Å². The summed E-state index contributed by atoms with van der Waals surface area (Å²) in [5, 5.41) is 12.0. The summed E-state index contributed by atoms with van der Waals surface area (Å²) < 4.78 is 13.5. The zero-order valence-corrected chi connectivity index (χ0v) is 21.9. The predicted octanol–water partition coefficient (Wildman–Crippen LogP) is 5.16. The fraction of sp³-hybridized carbons (Fsp3) is 0.346. The van der Waals surface area contributed by atoms with E-state index < -0.39 is 10.5 Å². The number of nitro groups is 1. The molecule has 3 aromatic rings. The molecular weight excluding hydrogens is 517 g/mol. The van der Waals surface area contributed by atoms with Gasteiger partial charge in [0.1, 0.15) is 18.6 Å². The molecule has 0 bridgehead atoms. The van der Waals surface area contributed by atoms with Crippen LogP contribution in [-0.2, 0) is 6.54 Å². The van der Waals surface area contributed by atoms with Crippen molar-refractivity contribution in [3.05, 3.63) is 80.5 Å². The molecular formula is C26H27Cl2N5O4. The maximum Gasteiger partial charge on any atom is 0.415 e. The van der Waals surface area contributed by atoms with Crippen molar-refractivity contribution < 1.29 is 14.4 Å². The number of hydrogen-bond donors (Lipinski definition) is 0. The molecule has 3 heterocycles. The largest absolute Gasteiger partial charge is 0.489 e. The van der Waals surface area contributed by atoms with Gasteiger partial charge in [0.15, 0.2) is 5.60 Å². The Kier molecular flexibility index (Phi) is 7.28. The molecule has 2 aliphatic rings. The van der Waals surface area contributed by atoms with E-state index in [9.17, 15) is 10.1 Å². The number of piperazine rings is 1. The molecule has 9 nitrogen and oxygen atoms in total. The van der Waals surface area contributed by atoms with Crippen molar-refractivity contribution in [2.45, 2.75) is 19.1 Å². The van der Waals surface area contributed by atoms with Crippen LogP contribution in [0.1, 0.15) is 12.5 Å². The average Bonchev–Trinajstić information content (AvgIpc) is 3.41. The maximum absolute atomic E-state index is 10.9. The van der Waals surface area contributed by atoms with E-state index in [0.29, 0.717) is 23.2 Å². The summed E-state index contributed by atoms with van der Waals surface area (Å²) in [5.74, 6) is 0.532. The first-order chi connectivity index (χ1) is 17.8. The maximum atomic E-state index is 10.9. The van der Waals surface area contributed by atoms with E-state index in [1.807, 2.05) is 37.3 Å². The van der Waals surface area contributed by atoms with Crippen LogP contribution in [0.25, 0.3) is 6.08 Å². The van der Waals surface area contributed by atoms with Gasteiger partial charge >= 0.3 is 11.8 Å². The minimum absolute atomic E-state index is 0.214. The molecule has 0 aliphatic carbocycles. The summed E-state index contributed by atoms with van der Waals surface area (Å²) in [7, 11) is 0. The molecule has 2 aromatic carbocycles. The highest BCUT2D eigenvalue weighted by Gasteiger charge is 2.41. The summed E-state index contributed by atoms with van der Waals surface area (Å²) in [6.45, 7) is 7.38. The van der Waals surface area contributed by atoms with E-state index in [1.54, 1.807) is 4.57 Å². The van der Waals surface area contributed by atoms with Crippen LogP contribution in [0.15, 0.2) is 54.7 Å². The van der Waals surface area contributed by atoms with Crippen LogP contribution in [0.2, 0.25) is 10.0 Å². The number of imidazole rings is 1. The lowest BCUT2D eigenvalue weighted by molar-refractivity contribution is -0.389. The van der Waals surface area contributed by atoms with E-state index in [0.717, 1.165) is 49.7 Å². The lowest BCUT2D eigenvalue weighted by atomic mass is 10.1. The van der Waals surface area contributed by atoms with Gasteiger partial charge in [0.2, 0.25) is 0 Å². The number of fused-ring (bicyclic) bond motifs is 1. The third-order valence-electron chi connectivity index (χ3n) is 6.49. The lowest BCUT2D eigenvalue weighted by Crippen LogP contribution is -2.46. The molecule has 194 valence electrons. The van der Waals surface area contributed by atoms with Crippen molar-refractivity contribution in [1.29, 1.82) is 0 Å². The Morgan fingerprint density at radius 2 is 1.89 bits per heavy atom. The number of halogens is 2. The molecule has 0 N–H and O–H groups in total. The fourth-order valence-electron chi connectivity index (χ4n) is 4.49. The third-order valence-corrected chi connectivity index (χ3v) is 7.23. The summed E-state index contributed by atoms with van der Waals surface area (Å²) in [4.78, 5) is 19.1. The van der Waals surface area contributed by atoms with Crippen LogP contribution in [-0.4, -0.2) is 64.3 Å². The van der Waals surface area contributed by atoms with Crippen molar-refractivity contribution in [2.24, 2.45) is 0 Å². The van der Waals surface area contributed by atoms with Gasteiger partial charge in [0.05, 0.1) is 16.6 Å². The van der Waals surface area contributed by atoms with Crippen molar-refractivity contribution in [2.75, 3.05) is 44.2 Å². The molecule has 0 radical (unpaired) electrons. The van der Waals surface area contributed by atoms with Crippen LogP contribution in [0.5, 0.6) is 11.8 Å². The SMILES string of the molecule is C[C@]1(COc2ccc(N3CCN(C/C=C/c4ccc(Cl)c(Cl)c4)CC3)cc2)Cn2cc([N+](=O)[O-])nc2O1. The van der Waals surface area contributed by atoms with Crippen LogP contribution in [0.3, 0.4) is 0 Å². The molecule has 0 unspecified atom stereocenters. The zero-order valence-electron chi connectivity index (χ0n) is 20.3. The van der Waals surface area contributed by atoms with E-state index >= 15 is 0 Å². The van der Waals surface area contributed by atoms with Gasteiger partial charge in [-0.15, -0.1) is 0 Å². The minimum Gasteiger partial charge on any atom is -0.489 e. The Balaban J connectivity index is 1.07. The predicted molar refractivity (Wildman–Crippen MR) is 144 cm³/mol. The van der Waals surface area contributed by atoms with Crippen molar-refractivity contribution in [1.82, 2.24) is 14.5 Å². The summed E-state index contributed by atoms with van der Waals surface area (Å²) in [6, 6.07) is 14.0.